The Labute approximate surface area is 91.5 Å². The van der Waals surface area contributed by atoms with Gasteiger partial charge in [-0.15, -0.1) is 0 Å². The molecule has 0 bridgehead atoms. The Bertz CT molecular complexity index is 353. The lowest BCUT2D eigenvalue weighted by atomic mass is 10.1. The lowest BCUT2D eigenvalue weighted by Crippen LogP contribution is -2.25. The van der Waals surface area contributed by atoms with Gasteiger partial charge in [0.05, 0.1) is 6.42 Å². The Morgan fingerprint density at radius 1 is 1.47 bits per heavy atom. The number of carbonyl (C=O) groups is 1. The summed E-state index contributed by atoms with van der Waals surface area (Å²) >= 11 is 0. The van der Waals surface area contributed by atoms with E-state index in [9.17, 15) is 4.79 Å². The van der Waals surface area contributed by atoms with Crippen LogP contribution < -0.4 is 5.32 Å². The fourth-order valence-electron chi connectivity index (χ4n) is 1.61. The Hall–Kier alpha value is -1.25. The van der Waals surface area contributed by atoms with Gasteiger partial charge in [-0.05, 0) is 31.9 Å². The van der Waals surface area contributed by atoms with Crippen LogP contribution in [0.15, 0.2) is 6.07 Å². The van der Waals surface area contributed by atoms with Gasteiger partial charge in [0.1, 0.15) is 0 Å². The van der Waals surface area contributed by atoms with Crippen LogP contribution in [-0.4, -0.2) is 17.0 Å². The highest BCUT2D eigenvalue weighted by atomic mass is 16.1. The number of amides is 1. The van der Waals surface area contributed by atoms with E-state index in [1.165, 1.54) is 11.4 Å². The van der Waals surface area contributed by atoms with E-state index in [1.807, 2.05) is 7.05 Å². The third-order valence-corrected chi connectivity index (χ3v) is 2.80. The summed E-state index contributed by atoms with van der Waals surface area (Å²) in [6, 6.07) is 2.08. The molecule has 0 unspecified atom stereocenters. The maximum absolute atomic E-state index is 11.5. The molecule has 0 saturated heterocycles. The van der Waals surface area contributed by atoms with Gasteiger partial charge in [-0.1, -0.05) is 6.92 Å². The summed E-state index contributed by atoms with van der Waals surface area (Å²) in [5, 5.41) is 2.89. The third kappa shape index (κ3) is 2.85. The molecule has 0 radical (unpaired) electrons. The maximum atomic E-state index is 11.5. The van der Waals surface area contributed by atoms with Crippen LogP contribution in [0.25, 0.3) is 0 Å². The molecule has 84 valence electrons. The standard InChI is InChI=1S/C12H20N2O/c1-5-6-13-12(15)8-11-7-9(2)14(4)10(11)3/h7H,5-6,8H2,1-4H3,(H,13,15). The second-order valence-corrected chi connectivity index (χ2v) is 3.98. The van der Waals surface area contributed by atoms with E-state index in [-0.39, 0.29) is 5.91 Å². The minimum Gasteiger partial charge on any atom is -0.356 e. The molecule has 1 N–H and O–H groups in total. The van der Waals surface area contributed by atoms with Crippen LogP contribution in [0, 0.1) is 13.8 Å². The monoisotopic (exact) mass is 208 g/mol. The van der Waals surface area contributed by atoms with Crippen molar-refractivity contribution >= 4 is 5.91 Å². The molecule has 1 heterocycles. The molecule has 3 nitrogen and oxygen atoms in total. The Morgan fingerprint density at radius 2 is 2.13 bits per heavy atom. The molecule has 0 atom stereocenters. The van der Waals surface area contributed by atoms with Crippen LogP contribution in [0.5, 0.6) is 0 Å². The number of rotatable bonds is 4. The van der Waals surface area contributed by atoms with Crippen LogP contribution >= 0.6 is 0 Å². The third-order valence-electron chi connectivity index (χ3n) is 2.80. The Morgan fingerprint density at radius 3 is 2.60 bits per heavy atom. The summed E-state index contributed by atoms with van der Waals surface area (Å²) in [5.74, 6) is 0.116. The van der Waals surface area contributed by atoms with E-state index in [0.29, 0.717) is 6.42 Å². The minimum atomic E-state index is 0.116. The van der Waals surface area contributed by atoms with Crippen molar-refractivity contribution < 1.29 is 4.79 Å². The van der Waals surface area contributed by atoms with E-state index < -0.39 is 0 Å². The van der Waals surface area contributed by atoms with Crippen molar-refractivity contribution in [2.24, 2.45) is 7.05 Å². The zero-order chi connectivity index (χ0) is 11.4. The zero-order valence-corrected chi connectivity index (χ0v) is 10.1. The molecule has 1 aromatic heterocycles. The molecule has 0 aliphatic rings. The van der Waals surface area contributed by atoms with Crippen LogP contribution in [0.3, 0.4) is 0 Å². The summed E-state index contributed by atoms with van der Waals surface area (Å²) in [7, 11) is 2.03. The van der Waals surface area contributed by atoms with E-state index in [4.69, 9.17) is 0 Å². The summed E-state index contributed by atoms with van der Waals surface area (Å²) in [4.78, 5) is 11.5. The first-order chi connectivity index (χ1) is 7.06. The van der Waals surface area contributed by atoms with E-state index >= 15 is 0 Å². The average molecular weight is 208 g/mol. The van der Waals surface area contributed by atoms with Crippen molar-refractivity contribution in [3.63, 3.8) is 0 Å². The van der Waals surface area contributed by atoms with Crippen LogP contribution in [0.2, 0.25) is 0 Å². The topological polar surface area (TPSA) is 34.0 Å². The molecule has 0 spiro atoms. The molecular formula is C12H20N2O. The Kier molecular flexibility index (Phi) is 3.95. The molecule has 0 fully saturated rings. The van der Waals surface area contributed by atoms with Crippen molar-refractivity contribution in [1.29, 1.82) is 0 Å². The van der Waals surface area contributed by atoms with E-state index in [0.717, 1.165) is 18.5 Å². The lowest BCUT2D eigenvalue weighted by Gasteiger charge is -2.04. The summed E-state index contributed by atoms with van der Waals surface area (Å²) < 4.78 is 2.11. The highest BCUT2D eigenvalue weighted by Gasteiger charge is 2.09. The number of carbonyl (C=O) groups excluding carboxylic acids is 1. The fraction of sp³-hybridized carbons (Fsp3) is 0.583. The summed E-state index contributed by atoms with van der Waals surface area (Å²) in [6.07, 6.45) is 1.48. The second-order valence-electron chi connectivity index (χ2n) is 3.98. The fourth-order valence-corrected chi connectivity index (χ4v) is 1.61. The van der Waals surface area contributed by atoms with Crippen LogP contribution in [-0.2, 0) is 18.3 Å². The van der Waals surface area contributed by atoms with Gasteiger partial charge >= 0.3 is 0 Å². The van der Waals surface area contributed by atoms with Gasteiger partial charge in [0, 0.05) is 25.0 Å². The number of aromatic nitrogens is 1. The first kappa shape index (κ1) is 11.8. The normalized spacial score (nSPS) is 10.4. The Balaban J connectivity index is 2.64. The first-order valence-corrected chi connectivity index (χ1v) is 5.44. The molecular weight excluding hydrogens is 188 g/mol. The number of nitrogens with one attached hydrogen (secondary N) is 1. The number of hydrogen-bond donors (Lipinski definition) is 1. The van der Waals surface area contributed by atoms with E-state index in [1.54, 1.807) is 0 Å². The van der Waals surface area contributed by atoms with Crippen molar-refractivity contribution in [3.05, 3.63) is 23.0 Å². The van der Waals surface area contributed by atoms with Gasteiger partial charge < -0.3 is 9.88 Å². The zero-order valence-electron chi connectivity index (χ0n) is 10.1. The molecule has 0 aliphatic carbocycles. The lowest BCUT2D eigenvalue weighted by molar-refractivity contribution is -0.120. The molecule has 15 heavy (non-hydrogen) atoms. The van der Waals surface area contributed by atoms with Gasteiger partial charge in [0.25, 0.3) is 0 Å². The molecule has 1 amide bonds. The maximum Gasteiger partial charge on any atom is 0.224 e. The number of nitrogens with zero attached hydrogens (tertiary/aromatic N) is 1. The number of hydrogen-bond acceptors (Lipinski definition) is 1. The molecule has 3 heteroatoms. The van der Waals surface area contributed by atoms with Crippen molar-refractivity contribution in [1.82, 2.24) is 9.88 Å². The smallest absolute Gasteiger partial charge is 0.224 e. The van der Waals surface area contributed by atoms with Crippen molar-refractivity contribution in [2.45, 2.75) is 33.6 Å². The molecule has 0 aliphatic heterocycles. The summed E-state index contributed by atoms with van der Waals surface area (Å²) in [5.41, 5.74) is 3.51. The highest BCUT2D eigenvalue weighted by molar-refractivity contribution is 5.78. The van der Waals surface area contributed by atoms with Crippen LogP contribution in [0.4, 0.5) is 0 Å². The van der Waals surface area contributed by atoms with Gasteiger partial charge in [-0.25, -0.2) is 0 Å². The molecule has 0 aromatic carbocycles. The van der Waals surface area contributed by atoms with Gasteiger partial charge in [-0.2, -0.15) is 0 Å². The molecule has 1 aromatic rings. The van der Waals surface area contributed by atoms with Gasteiger partial charge in [0.2, 0.25) is 5.91 Å². The number of aryl methyl sites for hydroxylation is 1. The SMILES string of the molecule is CCCNC(=O)Cc1cc(C)n(C)c1C. The van der Waals surface area contributed by atoms with Crippen LogP contribution in [0.1, 0.15) is 30.3 Å². The predicted octanol–water partition coefficient (Wildman–Crippen LogP) is 1.71. The molecule has 1 rings (SSSR count). The van der Waals surface area contributed by atoms with Crippen molar-refractivity contribution in [3.8, 4) is 0 Å². The predicted molar refractivity (Wildman–Crippen MR) is 61.9 cm³/mol. The molecule has 0 saturated carbocycles. The van der Waals surface area contributed by atoms with Crippen molar-refractivity contribution in [2.75, 3.05) is 6.54 Å². The average Bonchev–Trinajstić information content (AvgIpc) is 2.43. The summed E-state index contributed by atoms with van der Waals surface area (Å²) in [6.45, 7) is 6.93. The second kappa shape index (κ2) is 5.01. The van der Waals surface area contributed by atoms with E-state index in [2.05, 4.69) is 36.7 Å². The quantitative estimate of drug-likeness (QED) is 0.803. The minimum absolute atomic E-state index is 0.116. The first-order valence-electron chi connectivity index (χ1n) is 5.44. The largest absolute Gasteiger partial charge is 0.356 e. The highest BCUT2D eigenvalue weighted by Crippen LogP contribution is 2.13. The van der Waals surface area contributed by atoms with Gasteiger partial charge in [-0.3, -0.25) is 4.79 Å². The van der Waals surface area contributed by atoms with Gasteiger partial charge in [0.15, 0.2) is 0 Å².